The van der Waals surface area contributed by atoms with Crippen LogP contribution in [0.1, 0.15) is 18.5 Å². The number of thiazole rings is 1. The molecule has 6 heteroatoms. The average Bonchev–Trinajstić information content (AvgIpc) is 3.18. The molecule has 1 heterocycles. The number of hydrogen-bond donors (Lipinski definition) is 3. The molecule has 0 saturated heterocycles. The van der Waals surface area contributed by atoms with E-state index in [2.05, 4.69) is 15.6 Å². The molecule has 0 bridgehead atoms. The van der Waals surface area contributed by atoms with Gasteiger partial charge in [-0.2, -0.15) is 0 Å². The normalized spacial score (nSPS) is 15.4. The minimum atomic E-state index is -0.243. The van der Waals surface area contributed by atoms with E-state index in [0.29, 0.717) is 6.54 Å². The van der Waals surface area contributed by atoms with Gasteiger partial charge in [0.05, 0.1) is 6.61 Å². The molecule has 1 fully saturated rings. The maximum Gasteiger partial charge on any atom is 0.319 e. The number of carbonyl (C=O) groups excluding carboxylic acids is 1. The van der Waals surface area contributed by atoms with Crippen molar-refractivity contribution in [1.82, 2.24) is 10.3 Å². The van der Waals surface area contributed by atoms with Crippen LogP contribution < -0.4 is 10.6 Å². The number of nitrogens with one attached hydrogen (secondary N) is 2. The average molecular weight is 317 g/mol. The minimum absolute atomic E-state index is 0.0857. The first-order chi connectivity index (χ1) is 10.6. The topological polar surface area (TPSA) is 74.2 Å². The molecule has 1 aromatic carbocycles. The summed E-state index contributed by atoms with van der Waals surface area (Å²) >= 11 is 1.59. The van der Waals surface area contributed by atoms with Gasteiger partial charge in [0, 0.05) is 34.3 Å². The summed E-state index contributed by atoms with van der Waals surface area (Å²) in [4.78, 5) is 16.4. The Morgan fingerprint density at radius 1 is 1.45 bits per heavy atom. The molecular formula is C16H19N3O2S. The molecule has 0 radical (unpaired) electrons. The van der Waals surface area contributed by atoms with Crippen molar-refractivity contribution in [3.8, 4) is 10.6 Å². The Morgan fingerprint density at radius 3 is 2.91 bits per heavy atom. The number of urea groups is 1. The van der Waals surface area contributed by atoms with E-state index in [1.165, 1.54) is 0 Å². The maximum atomic E-state index is 11.9. The summed E-state index contributed by atoms with van der Waals surface area (Å²) in [7, 11) is 0. The Hall–Kier alpha value is -1.92. The third kappa shape index (κ3) is 3.45. The maximum absolute atomic E-state index is 11.9. The van der Waals surface area contributed by atoms with Crippen LogP contribution in [-0.2, 0) is 0 Å². The number of amides is 2. The van der Waals surface area contributed by atoms with Crippen molar-refractivity contribution in [2.75, 3.05) is 18.5 Å². The van der Waals surface area contributed by atoms with Gasteiger partial charge < -0.3 is 15.7 Å². The van der Waals surface area contributed by atoms with E-state index in [1.54, 1.807) is 11.3 Å². The van der Waals surface area contributed by atoms with Gasteiger partial charge in [0.1, 0.15) is 5.01 Å². The Balaban J connectivity index is 1.61. The van der Waals surface area contributed by atoms with Gasteiger partial charge in [-0.05, 0) is 31.9 Å². The fourth-order valence-corrected chi connectivity index (χ4v) is 3.02. The second-order valence-electron chi connectivity index (χ2n) is 5.84. The highest BCUT2D eigenvalue weighted by atomic mass is 32.1. The van der Waals surface area contributed by atoms with E-state index in [-0.39, 0.29) is 18.1 Å². The van der Waals surface area contributed by atoms with E-state index in [4.69, 9.17) is 0 Å². The molecule has 22 heavy (non-hydrogen) atoms. The number of aliphatic hydroxyl groups is 1. The van der Waals surface area contributed by atoms with Gasteiger partial charge >= 0.3 is 6.03 Å². The Labute approximate surface area is 133 Å². The fourth-order valence-electron chi connectivity index (χ4n) is 2.23. The summed E-state index contributed by atoms with van der Waals surface area (Å²) in [6.07, 6.45) is 1.95. The predicted molar refractivity (Wildman–Crippen MR) is 88.1 cm³/mol. The highest BCUT2D eigenvalue weighted by molar-refractivity contribution is 7.13. The van der Waals surface area contributed by atoms with Crippen molar-refractivity contribution in [1.29, 1.82) is 0 Å². The van der Waals surface area contributed by atoms with Crippen LogP contribution in [0.5, 0.6) is 0 Å². The molecule has 0 spiro atoms. The van der Waals surface area contributed by atoms with E-state index in [9.17, 15) is 9.90 Å². The van der Waals surface area contributed by atoms with Crippen LogP contribution in [0.25, 0.3) is 10.6 Å². The first-order valence-corrected chi connectivity index (χ1v) is 8.16. The number of aromatic nitrogens is 1. The molecule has 0 aliphatic heterocycles. The van der Waals surface area contributed by atoms with E-state index in [0.717, 1.165) is 34.8 Å². The van der Waals surface area contributed by atoms with Crippen LogP contribution in [-0.4, -0.2) is 29.3 Å². The van der Waals surface area contributed by atoms with E-state index < -0.39 is 0 Å². The number of aryl methyl sites for hydroxylation is 1. The summed E-state index contributed by atoms with van der Waals surface area (Å²) in [5, 5.41) is 17.8. The molecule has 1 aliphatic carbocycles. The third-order valence-corrected chi connectivity index (χ3v) is 4.91. The molecule has 1 aliphatic rings. The molecule has 1 saturated carbocycles. The Morgan fingerprint density at radius 2 is 2.27 bits per heavy atom. The number of carbonyl (C=O) groups is 1. The quantitative estimate of drug-likeness (QED) is 0.793. The second-order valence-corrected chi connectivity index (χ2v) is 6.70. The van der Waals surface area contributed by atoms with Gasteiger partial charge in [-0.25, -0.2) is 9.78 Å². The van der Waals surface area contributed by atoms with Crippen molar-refractivity contribution >= 4 is 23.1 Å². The van der Waals surface area contributed by atoms with Crippen molar-refractivity contribution in [2.45, 2.75) is 19.8 Å². The molecule has 116 valence electrons. The molecule has 5 nitrogen and oxygen atoms in total. The summed E-state index contributed by atoms with van der Waals surface area (Å²) < 4.78 is 0. The Kier molecular flexibility index (Phi) is 4.13. The molecule has 0 atom stereocenters. The van der Waals surface area contributed by atoms with Gasteiger partial charge in [0.25, 0.3) is 0 Å². The van der Waals surface area contributed by atoms with Crippen LogP contribution in [0.2, 0.25) is 0 Å². The number of anilines is 1. The zero-order chi connectivity index (χ0) is 15.6. The number of rotatable bonds is 5. The van der Waals surface area contributed by atoms with Crippen molar-refractivity contribution in [3.05, 3.63) is 35.3 Å². The van der Waals surface area contributed by atoms with Crippen LogP contribution in [0.3, 0.4) is 0 Å². The predicted octanol–water partition coefficient (Wildman–Crippen LogP) is 3.01. The molecule has 1 aromatic heterocycles. The third-order valence-electron chi connectivity index (χ3n) is 3.90. The second kappa shape index (κ2) is 6.06. The lowest BCUT2D eigenvalue weighted by molar-refractivity contribution is 0.206. The molecule has 0 unspecified atom stereocenters. The highest BCUT2D eigenvalue weighted by Crippen LogP contribution is 2.44. The van der Waals surface area contributed by atoms with Crippen molar-refractivity contribution < 1.29 is 9.90 Å². The molecule has 3 N–H and O–H groups in total. The summed E-state index contributed by atoms with van der Waals surface area (Å²) in [5.41, 5.74) is 2.63. The Bertz CT molecular complexity index is 680. The molecule has 2 amide bonds. The lowest BCUT2D eigenvalue weighted by Gasteiger charge is -2.13. The smallest absolute Gasteiger partial charge is 0.319 e. The lowest BCUT2D eigenvalue weighted by atomic mass is 10.1. The van der Waals surface area contributed by atoms with Crippen molar-refractivity contribution in [3.63, 3.8) is 0 Å². The van der Waals surface area contributed by atoms with Gasteiger partial charge in [-0.1, -0.05) is 12.1 Å². The number of aliphatic hydroxyl groups excluding tert-OH is 1. The van der Waals surface area contributed by atoms with Crippen LogP contribution >= 0.6 is 11.3 Å². The first-order valence-electron chi connectivity index (χ1n) is 7.29. The highest BCUT2D eigenvalue weighted by Gasteiger charge is 2.42. The number of benzene rings is 1. The fraction of sp³-hybridized carbons (Fsp3) is 0.375. The standard InChI is InChI=1S/C16H19N3O2S/c1-11-8-22-14(18-11)12-3-2-4-13(7-12)19-15(21)17-9-16(10-20)5-6-16/h2-4,7-8,20H,5-6,9-10H2,1H3,(H2,17,19,21). The number of hydrogen-bond acceptors (Lipinski definition) is 4. The SMILES string of the molecule is Cc1csc(-c2cccc(NC(=O)NCC3(CO)CC3)c2)n1. The zero-order valence-electron chi connectivity index (χ0n) is 12.4. The van der Waals surface area contributed by atoms with Crippen LogP contribution in [0, 0.1) is 12.3 Å². The molecule has 2 aromatic rings. The summed E-state index contributed by atoms with van der Waals surface area (Å²) in [6, 6.07) is 7.40. The molecular weight excluding hydrogens is 298 g/mol. The monoisotopic (exact) mass is 317 g/mol. The zero-order valence-corrected chi connectivity index (χ0v) is 13.2. The van der Waals surface area contributed by atoms with Gasteiger partial charge in [-0.3, -0.25) is 0 Å². The van der Waals surface area contributed by atoms with Crippen LogP contribution in [0.4, 0.5) is 10.5 Å². The van der Waals surface area contributed by atoms with Crippen LogP contribution in [0.15, 0.2) is 29.6 Å². The van der Waals surface area contributed by atoms with E-state index in [1.807, 2.05) is 36.6 Å². The molecule has 3 rings (SSSR count). The summed E-state index contributed by atoms with van der Waals surface area (Å²) in [6.45, 7) is 2.61. The van der Waals surface area contributed by atoms with Crippen molar-refractivity contribution in [2.24, 2.45) is 5.41 Å². The van der Waals surface area contributed by atoms with Gasteiger partial charge in [0.2, 0.25) is 0 Å². The van der Waals surface area contributed by atoms with E-state index >= 15 is 0 Å². The largest absolute Gasteiger partial charge is 0.396 e. The summed E-state index contributed by atoms with van der Waals surface area (Å²) in [5.74, 6) is 0. The minimum Gasteiger partial charge on any atom is -0.396 e. The number of nitrogens with zero attached hydrogens (tertiary/aromatic N) is 1. The van der Waals surface area contributed by atoms with Gasteiger partial charge in [0.15, 0.2) is 0 Å². The first kappa shape index (κ1) is 15.0. The van der Waals surface area contributed by atoms with Gasteiger partial charge in [-0.15, -0.1) is 11.3 Å². The lowest BCUT2D eigenvalue weighted by Crippen LogP contribution is -2.35.